The molecule has 0 amide bonds. The molecule has 0 aliphatic carbocycles. The number of nitrogen functional groups attached to an aromatic ring is 1. The van der Waals surface area contributed by atoms with Crippen molar-refractivity contribution >= 4 is 28.4 Å². The van der Waals surface area contributed by atoms with E-state index in [1.165, 1.54) is 6.33 Å². The van der Waals surface area contributed by atoms with Gasteiger partial charge in [-0.2, -0.15) is 9.78 Å². The molecule has 5 nitrogen and oxygen atoms in total. The van der Waals surface area contributed by atoms with Crippen molar-refractivity contribution < 1.29 is 0 Å². The van der Waals surface area contributed by atoms with Crippen molar-refractivity contribution in [2.24, 2.45) is 0 Å². The van der Waals surface area contributed by atoms with E-state index in [2.05, 4.69) is 37.7 Å². The smallest absolute Gasteiger partial charge is 0.159 e. The van der Waals surface area contributed by atoms with Crippen LogP contribution in [0.2, 0.25) is 0 Å². The minimum atomic E-state index is 0.613. The first-order valence-electron chi connectivity index (χ1n) is 3.97. The first-order valence-corrected chi connectivity index (χ1v) is 5.05. The molecule has 0 aliphatic rings. The largest absolute Gasteiger partial charge is 0.383 e. The van der Waals surface area contributed by atoms with Crippen molar-refractivity contribution in [1.29, 1.82) is 0 Å². The molecular weight excluding hydrogens is 293 g/mol. The number of rotatable bonds is 1. The summed E-state index contributed by atoms with van der Waals surface area (Å²) >= 11 is 2.16. The number of aryl methyl sites for hydroxylation is 1. The molecule has 0 radical (unpaired) electrons. The van der Waals surface area contributed by atoms with Gasteiger partial charge in [0.25, 0.3) is 0 Å². The third-order valence-corrected chi connectivity index (χ3v) is 3.14. The maximum Gasteiger partial charge on any atom is 0.159 e. The van der Waals surface area contributed by atoms with E-state index in [1.807, 2.05) is 6.92 Å². The van der Waals surface area contributed by atoms with Crippen LogP contribution in [0.3, 0.4) is 0 Å². The summed E-state index contributed by atoms with van der Waals surface area (Å²) in [5, 5.41) is 4.27. The molecule has 2 aromatic rings. The molecule has 0 aromatic carbocycles. The molecule has 0 bridgehead atoms. The lowest BCUT2D eigenvalue weighted by molar-refractivity contribution is 0.835. The Bertz CT molecular complexity index is 450. The molecule has 0 fully saturated rings. The van der Waals surface area contributed by atoms with Gasteiger partial charge in [0, 0.05) is 12.3 Å². The molecule has 0 spiro atoms. The predicted molar refractivity (Wildman–Crippen MR) is 61.0 cm³/mol. The van der Waals surface area contributed by atoms with E-state index in [0.29, 0.717) is 11.6 Å². The van der Waals surface area contributed by atoms with Gasteiger partial charge in [0.2, 0.25) is 0 Å². The summed E-state index contributed by atoms with van der Waals surface area (Å²) in [5.74, 6) is 1.30. The van der Waals surface area contributed by atoms with Gasteiger partial charge in [-0.3, -0.25) is 0 Å². The van der Waals surface area contributed by atoms with E-state index in [4.69, 9.17) is 5.73 Å². The molecule has 2 aromatic heterocycles. The molecule has 0 saturated carbocycles. The average molecular weight is 301 g/mol. The second kappa shape index (κ2) is 3.52. The van der Waals surface area contributed by atoms with Crippen molar-refractivity contribution in [1.82, 2.24) is 19.7 Å². The maximum atomic E-state index is 5.87. The summed E-state index contributed by atoms with van der Waals surface area (Å²) in [4.78, 5) is 7.91. The van der Waals surface area contributed by atoms with E-state index in [1.54, 1.807) is 16.9 Å². The molecule has 0 unspecified atom stereocenters. The van der Waals surface area contributed by atoms with E-state index in [-0.39, 0.29) is 0 Å². The van der Waals surface area contributed by atoms with Crippen molar-refractivity contribution in [3.63, 3.8) is 0 Å². The highest BCUT2D eigenvalue weighted by Gasteiger charge is 2.11. The summed E-state index contributed by atoms with van der Waals surface area (Å²) in [6, 6.07) is 1.76. The highest BCUT2D eigenvalue weighted by molar-refractivity contribution is 14.1. The standard InChI is InChI=1S/C8H8IN5/c1-5-7(9)8(10)14(13-5)6-2-3-11-4-12-6/h2-4H,10H2,1H3. The Morgan fingerprint density at radius 1 is 1.50 bits per heavy atom. The SMILES string of the molecule is Cc1nn(-c2ccncn2)c(N)c1I. The molecular formula is C8H8IN5. The van der Waals surface area contributed by atoms with Crippen LogP contribution in [0.15, 0.2) is 18.6 Å². The molecule has 2 N–H and O–H groups in total. The summed E-state index contributed by atoms with van der Waals surface area (Å²) in [5.41, 5.74) is 6.77. The number of halogens is 1. The average Bonchev–Trinajstić information content (AvgIpc) is 2.47. The van der Waals surface area contributed by atoms with Gasteiger partial charge in [-0.15, -0.1) is 0 Å². The molecule has 0 aliphatic heterocycles. The molecule has 2 heterocycles. The van der Waals surface area contributed by atoms with E-state index < -0.39 is 0 Å². The highest BCUT2D eigenvalue weighted by atomic mass is 127. The Morgan fingerprint density at radius 3 is 2.79 bits per heavy atom. The van der Waals surface area contributed by atoms with Crippen LogP contribution in [0.4, 0.5) is 5.82 Å². The number of anilines is 1. The van der Waals surface area contributed by atoms with E-state index in [9.17, 15) is 0 Å². The van der Waals surface area contributed by atoms with Crippen LogP contribution >= 0.6 is 22.6 Å². The number of hydrogen-bond donors (Lipinski definition) is 1. The lowest BCUT2D eigenvalue weighted by Crippen LogP contribution is -2.04. The Kier molecular flexibility index (Phi) is 2.36. The fraction of sp³-hybridized carbons (Fsp3) is 0.125. The highest BCUT2D eigenvalue weighted by Crippen LogP contribution is 2.20. The number of nitrogens with two attached hydrogens (primary N) is 1. The Balaban J connectivity index is 2.58. The Labute approximate surface area is 94.5 Å². The molecule has 2 rings (SSSR count). The topological polar surface area (TPSA) is 69.6 Å². The van der Waals surface area contributed by atoms with Crippen LogP contribution < -0.4 is 5.73 Å². The summed E-state index contributed by atoms with van der Waals surface area (Å²) in [6.45, 7) is 1.91. The zero-order valence-electron chi connectivity index (χ0n) is 7.48. The molecule has 14 heavy (non-hydrogen) atoms. The van der Waals surface area contributed by atoms with Crippen molar-refractivity contribution in [2.45, 2.75) is 6.92 Å². The van der Waals surface area contributed by atoms with Crippen LogP contribution in [-0.4, -0.2) is 19.7 Å². The Hall–Kier alpha value is -1.18. The lowest BCUT2D eigenvalue weighted by atomic mass is 10.5. The minimum absolute atomic E-state index is 0.613. The van der Waals surface area contributed by atoms with Crippen LogP contribution in [0.25, 0.3) is 5.82 Å². The third kappa shape index (κ3) is 1.45. The number of hydrogen-bond acceptors (Lipinski definition) is 4. The molecule has 6 heteroatoms. The fourth-order valence-electron chi connectivity index (χ4n) is 1.11. The molecule has 0 atom stereocenters. The van der Waals surface area contributed by atoms with Gasteiger partial charge in [-0.25, -0.2) is 9.97 Å². The van der Waals surface area contributed by atoms with Crippen LogP contribution in [0.5, 0.6) is 0 Å². The van der Waals surface area contributed by atoms with E-state index in [0.717, 1.165) is 9.26 Å². The Morgan fingerprint density at radius 2 is 2.29 bits per heavy atom. The van der Waals surface area contributed by atoms with Crippen molar-refractivity contribution in [2.75, 3.05) is 5.73 Å². The first-order chi connectivity index (χ1) is 6.70. The van der Waals surface area contributed by atoms with Gasteiger partial charge in [0.05, 0.1) is 9.26 Å². The zero-order valence-corrected chi connectivity index (χ0v) is 9.63. The third-order valence-electron chi connectivity index (χ3n) is 1.80. The summed E-state index contributed by atoms with van der Waals surface area (Å²) in [6.07, 6.45) is 3.13. The molecule has 0 saturated heterocycles. The van der Waals surface area contributed by atoms with Gasteiger partial charge in [-0.05, 0) is 29.5 Å². The minimum Gasteiger partial charge on any atom is -0.383 e. The number of nitrogens with zero attached hydrogens (tertiary/aromatic N) is 4. The van der Waals surface area contributed by atoms with Crippen LogP contribution in [0, 0.1) is 10.5 Å². The normalized spacial score (nSPS) is 10.4. The van der Waals surface area contributed by atoms with Gasteiger partial charge < -0.3 is 5.73 Å². The molecule has 72 valence electrons. The first kappa shape index (κ1) is 9.38. The zero-order chi connectivity index (χ0) is 10.1. The van der Waals surface area contributed by atoms with Crippen LogP contribution in [-0.2, 0) is 0 Å². The van der Waals surface area contributed by atoms with Crippen molar-refractivity contribution in [3.8, 4) is 5.82 Å². The summed E-state index contributed by atoms with van der Waals surface area (Å²) in [7, 11) is 0. The van der Waals surface area contributed by atoms with Crippen molar-refractivity contribution in [3.05, 3.63) is 27.9 Å². The van der Waals surface area contributed by atoms with Crippen LogP contribution in [0.1, 0.15) is 5.69 Å². The quantitative estimate of drug-likeness (QED) is 0.802. The number of aromatic nitrogens is 4. The van der Waals surface area contributed by atoms with E-state index >= 15 is 0 Å². The fourth-order valence-corrected chi connectivity index (χ4v) is 1.45. The summed E-state index contributed by atoms with van der Waals surface area (Å²) < 4.78 is 2.57. The second-order valence-corrected chi connectivity index (χ2v) is 3.84. The van der Waals surface area contributed by atoms with Gasteiger partial charge in [-0.1, -0.05) is 0 Å². The van der Waals surface area contributed by atoms with Gasteiger partial charge in [0.15, 0.2) is 5.82 Å². The second-order valence-electron chi connectivity index (χ2n) is 2.76. The predicted octanol–water partition coefficient (Wildman–Crippen LogP) is 1.16. The van der Waals surface area contributed by atoms with Gasteiger partial charge in [0.1, 0.15) is 12.1 Å². The van der Waals surface area contributed by atoms with Gasteiger partial charge >= 0.3 is 0 Å². The monoisotopic (exact) mass is 301 g/mol. The lowest BCUT2D eigenvalue weighted by Gasteiger charge is -2.00. The maximum absolute atomic E-state index is 5.87.